The second-order valence-corrected chi connectivity index (χ2v) is 4.80. The normalized spacial score (nSPS) is 17.4. The van der Waals surface area contributed by atoms with E-state index in [1.165, 1.54) is 0 Å². The minimum Gasteiger partial charge on any atom is -0.347 e. The van der Waals surface area contributed by atoms with Crippen LogP contribution in [-0.4, -0.2) is 42.1 Å². The third kappa shape index (κ3) is 2.69. The molecule has 1 N–H and O–H groups in total. The Bertz CT molecular complexity index is 378. The number of likely N-dealkylation sites (tertiary alicyclic amines) is 1. The smallest absolute Gasteiger partial charge is 0.270 e. The number of hydrogen-bond donors (Lipinski definition) is 1. The van der Waals surface area contributed by atoms with Crippen LogP contribution in [0.5, 0.6) is 0 Å². The molecule has 0 spiro atoms. The summed E-state index contributed by atoms with van der Waals surface area (Å²) in [5.74, 6) is 0.887. The molecule has 0 bridgehead atoms. The number of piperidine rings is 1. The number of nitrogens with one attached hydrogen (secondary N) is 1. The van der Waals surface area contributed by atoms with Crippen molar-refractivity contribution in [2.75, 3.05) is 26.7 Å². The molecule has 0 aromatic carbocycles. The molecule has 4 heteroatoms. The van der Waals surface area contributed by atoms with Crippen LogP contribution in [-0.2, 0) is 7.05 Å². The number of nitrogens with zero attached hydrogens (tertiary/aromatic N) is 2. The van der Waals surface area contributed by atoms with Crippen LogP contribution in [0.25, 0.3) is 0 Å². The SMILES string of the molecule is CNCC1CCN(C(=O)c2cccn2C)CC1. The fourth-order valence-corrected chi connectivity index (χ4v) is 2.47. The summed E-state index contributed by atoms with van der Waals surface area (Å²) in [4.78, 5) is 14.2. The van der Waals surface area contributed by atoms with Crippen molar-refractivity contribution in [3.63, 3.8) is 0 Å². The van der Waals surface area contributed by atoms with Crippen LogP contribution in [0.3, 0.4) is 0 Å². The zero-order valence-electron chi connectivity index (χ0n) is 10.6. The molecule has 0 atom stereocenters. The van der Waals surface area contributed by atoms with E-state index in [0.29, 0.717) is 0 Å². The molecule has 0 saturated carbocycles. The molecule has 1 aliphatic heterocycles. The van der Waals surface area contributed by atoms with E-state index in [0.717, 1.165) is 44.1 Å². The van der Waals surface area contributed by atoms with Gasteiger partial charge in [-0.3, -0.25) is 4.79 Å². The molecule has 1 aromatic heterocycles. The number of aryl methyl sites for hydroxylation is 1. The van der Waals surface area contributed by atoms with E-state index in [1.54, 1.807) is 0 Å². The molecule has 2 heterocycles. The maximum atomic E-state index is 12.2. The van der Waals surface area contributed by atoms with E-state index in [9.17, 15) is 4.79 Å². The molecular weight excluding hydrogens is 214 g/mol. The summed E-state index contributed by atoms with van der Waals surface area (Å²) in [6.45, 7) is 2.83. The Kier molecular flexibility index (Phi) is 3.84. The molecule has 0 aliphatic carbocycles. The summed E-state index contributed by atoms with van der Waals surface area (Å²) < 4.78 is 1.89. The lowest BCUT2D eigenvalue weighted by atomic mass is 9.96. The largest absolute Gasteiger partial charge is 0.347 e. The van der Waals surface area contributed by atoms with Gasteiger partial charge in [0.15, 0.2) is 0 Å². The van der Waals surface area contributed by atoms with Crippen molar-refractivity contribution in [1.29, 1.82) is 0 Å². The third-order valence-electron chi connectivity index (χ3n) is 3.56. The molecule has 1 aromatic rings. The molecule has 1 aliphatic rings. The summed E-state index contributed by atoms with van der Waals surface area (Å²) in [5, 5.41) is 3.21. The van der Waals surface area contributed by atoms with Gasteiger partial charge in [0, 0.05) is 26.3 Å². The number of amides is 1. The first-order chi connectivity index (χ1) is 8.22. The lowest BCUT2D eigenvalue weighted by Crippen LogP contribution is -2.41. The Morgan fingerprint density at radius 1 is 1.47 bits per heavy atom. The van der Waals surface area contributed by atoms with Crippen molar-refractivity contribution >= 4 is 5.91 Å². The van der Waals surface area contributed by atoms with Crippen molar-refractivity contribution in [3.05, 3.63) is 24.0 Å². The lowest BCUT2D eigenvalue weighted by Gasteiger charge is -2.32. The molecule has 94 valence electrons. The molecule has 1 amide bonds. The summed E-state index contributed by atoms with van der Waals surface area (Å²) in [5.41, 5.74) is 0.789. The first-order valence-electron chi connectivity index (χ1n) is 6.27. The monoisotopic (exact) mass is 235 g/mol. The van der Waals surface area contributed by atoms with Gasteiger partial charge < -0.3 is 14.8 Å². The second-order valence-electron chi connectivity index (χ2n) is 4.80. The van der Waals surface area contributed by atoms with Gasteiger partial charge in [-0.1, -0.05) is 0 Å². The van der Waals surface area contributed by atoms with Crippen molar-refractivity contribution in [2.24, 2.45) is 13.0 Å². The molecule has 0 unspecified atom stereocenters. The van der Waals surface area contributed by atoms with Gasteiger partial charge in [0.25, 0.3) is 5.91 Å². The highest BCUT2D eigenvalue weighted by molar-refractivity contribution is 5.92. The van der Waals surface area contributed by atoms with E-state index in [2.05, 4.69) is 5.32 Å². The molecule has 17 heavy (non-hydrogen) atoms. The Hall–Kier alpha value is -1.29. The zero-order valence-corrected chi connectivity index (χ0v) is 10.6. The van der Waals surface area contributed by atoms with Crippen molar-refractivity contribution in [3.8, 4) is 0 Å². The third-order valence-corrected chi connectivity index (χ3v) is 3.56. The van der Waals surface area contributed by atoms with Crippen LogP contribution in [0.1, 0.15) is 23.3 Å². The van der Waals surface area contributed by atoms with E-state index >= 15 is 0 Å². The van der Waals surface area contributed by atoms with E-state index in [1.807, 2.05) is 41.9 Å². The lowest BCUT2D eigenvalue weighted by molar-refractivity contribution is 0.0681. The van der Waals surface area contributed by atoms with Gasteiger partial charge in [-0.05, 0) is 44.5 Å². The fourth-order valence-electron chi connectivity index (χ4n) is 2.47. The first kappa shape index (κ1) is 12.2. The summed E-state index contributed by atoms with van der Waals surface area (Å²) in [6, 6.07) is 3.81. The van der Waals surface area contributed by atoms with Gasteiger partial charge in [-0.15, -0.1) is 0 Å². The second kappa shape index (κ2) is 5.36. The fraction of sp³-hybridized carbons (Fsp3) is 0.615. The number of aromatic nitrogens is 1. The number of rotatable bonds is 3. The van der Waals surface area contributed by atoms with Crippen LogP contribution < -0.4 is 5.32 Å². The molecular formula is C13H21N3O. The van der Waals surface area contributed by atoms with E-state index in [4.69, 9.17) is 0 Å². The maximum absolute atomic E-state index is 12.2. The van der Waals surface area contributed by atoms with Crippen LogP contribution in [0, 0.1) is 5.92 Å². The highest BCUT2D eigenvalue weighted by atomic mass is 16.2. The number of carbonyl (C=O) groups excluding carboxylic acids is 1. The number of hydrogen-bond acceptors (Lipinski definition) is 2. The van der Waals surface area contributed by atoms with Crippen molar-refractivity contribution < 1.29 is 4.79 Å². The highest BCUT2D eigenvalue weighted by Crippen LogP contribution is 2.18. The molecule has 0 radical (unpaired) electrons. The maximum Gasteiger partial charge on any atom is 0.270 e. The van der Waals surface area contributed by atoms with Gasteiger partial charge in [-0.2, -0.15) is 0 Å². The van der Waals surface area contributed by atoms with Gasteiger partial charge in [-0.25, -0.2) is 0 Å². The van der Waals surface area contributed by atoms with Crippen molar-refractivity contribution in [1.82, 2.24) is 14.8 Å². The standard InChI is InChI=1S/C13H21N3O/c1-14-10-11-5-8-16(9-6-11)13(17)12-4-3-7-15(12)2/h3-4,7,11,14H,5-6,8-10H2,1-2H3. The minimum atomic E-state index is 0.167. The Labute approximate surface area is 103 Å². The average Bonchev–Trinajstić information content (AvgIpc) is 2.76. The van der Waals surface area contributed by atoms with Gasteiger partial charge in [0.2, 0.25) is 0 Å². The Balaban J connectivity index is 1.93. The van der Waals surface area contributed by atoms with Crippen molar-refractivity contribution in [2.45, 2.75) is 12.8 Å². The topological polar surface area (TPSA) is 37.3 Å². The Morgan fingerprint density at radius 2 is 2.18 bits per heavy atom. The van der Waals surface area contributed by atoms with Crippen LogP contribution >= 0.6 is 0 Å². The quantitative estimate of drug-likeness (QED) is 0.851. The molecule has 1 fully saturated rings. The first-order valence-corrected chi connectivity index (χ1v) is 6.27. The highest BCUT2D eigenvalue weighted by Gasteiger charge is 2.24. The van der Waals surface area contributed by atoms with Gasteiger partial charge in [0.1, 0.15) is 5.69 Å². The minimum absolute atomic E-state index is 0.167. The molecule has 2 rings (SSSR count). The van der Waals surface area contributed by atoms with Crippen LogP contribution in [0.2, 0.25) is 0 Å². The number of carbonyl (C=O) groups is 1. The summed E-state index contributed by atoms with van der Waals surface area (Å²) >= 11 is 0. The van der Waals surface area contributed by atoms with Crippen LogP contribution in [0.4, 0.5) is 0 Å². The van der Waals surface area contributed by atoms with Gasteiger partial charge in [0.05, 0.1) is 0 Å². The zero-order chi connectivity index (χ0) is 12.3. The van der Waals surface area contributed by atoms with E-state index < -0.39 is 0 Å². The Morgan fingerprint density at radius 3 is 2.71 bits per heavy atom. The predicted octanol–water partition coefficient (Wildman–Crippen LogP) is 1.10. The van der Waals surface area contributed by atoms with Gasteiger partial charge >= 0.3 is 0 Å². The predicted molar refractivity (Wildman–Crippen MR) is 68.0 cm³/mol. The summed E-state index contributed by atoms with van der Waals surface area (Å²) in [7, 11) is 3.91. The molecule has 4 nitrogen and oxygen atoms in total. The van der Waals surface area contributed by atoms with E-state index in [-0.39, 0.29) is 5.91 Å². The molecule has 1 saturated heterocycles. The van der Waals surface area contributed by atoms with Crippen LogP contribution in [0.15, 0.2) is 18.3 Å². The summed E-state index contributed by atoms with van der Waals surface area (Å²) in [6.07, 6.45) is 4.13. The average molecular weight is 235 g/mol.